The highest BCUT2D eigenvalue weighted by molar-refractivity contribution is 5.98. The number of alkyl halides is 3. The lowest BCUT2D eigenvalue weighted by Gasteiger charge is -2.29. The number of amides is 2. The van der Waals surface area contributed by atoms with Crippen LogP contribution in [0.5, 0.6) is 0 Å². The Balaban J connectivity index is 1.72. The van der Waals surface area contributed by atoms with Crippen molar-refractivity contribution in [3.63, 3.8) is 0 Å². The van der Waals surface area contributed by atoms with E-state index in [1.807, 2.05) is 0 Å². The normalized spacial score (nSPS) is 13.1. The molecular weight excluding hydrogens is 598 g/mol. The maximum Gasteiger partial charge on any atom is 0.416 e. The Kier molecular flexibility index (Phi) is 9.25. The first-order chi connectivity index (χ1) is 21.0. The molecule has 12 nitrogen and oxygen atoms in total. The molecule has 45 heavy (non-hydrogen) atoms. The summed E-state index contributed by atoms with van der Waals surface area (Å²) in [6.07, 6.45) is -0.976. The molecule has 4 rings (SSSR count). The Morgan fingerprint density at radius 3 is 2.24 bits per heavy atom. The molecule has 1 aromatic carbocycles. The molecule has 3 heterocycles. The first-order valence-corrected chi connectivity index (χ1v) is 13.6. The van der Waals surface area contributed by atoms with Gasteiger partial charge in [0.25, 0.3) is 5.91 Å². The lowest BCUT2D eigenvalue weighted by Crippen LogP contribution is -2.42. The molecule has 0 fully saturated rings. The number of rotatable bonds is 9. The van der Waals surface area contributed by atoms with Crippen molar-refractivity contribution in [2.24, 2.45) is 5.73 Å². The van der Waals surface area contributed by atoms with Gasteiger partial charge in [-0.15, -0.1) is 4.80 Å². The van der Waals surface area contributed by atoms with Gasteiger partial charge < -0.3 is 26.4 Å². The molecule has 238 valence electrons. The van der Waals surface area contributed by atoms with Gasteiger partial charge in [0.2, 0.25) is 0 Å². The molecule has 4 aromatic rings. The molecule has 0 unspecified atom stereocenters. The number of nitrogens with two attached hydrogens (primary N) is 1. The highest BCUT2D eigenvalue weighted by Gasteiger charge is 2.31. The predicted molar refractivity (Wildman–Crippen MR) is 157 cm³/mol. The summed E-state index contributed by atoms with van der Waals surface area (Å²) in [5, 5.41) is 16.6. The van der Waals surface area contributed by atoms with Crippen LogP contribution in [-0.4, -0.2) is 48.6 Å². The summed E-state index contributed by atoms with van der Waals surface area (Å²) >= 11 is 0. The molecule has 5 N–H and O–H groups in total. The SMILES string of the molecule is Cc1ncc(Nc2nc(N[C@H](c3ccc(C(F)(F)F)cc3)[C@H](C)NC(=O)OC(C)(C)C)c(F)cc2C(N)=O)cc1-n1nccn1. The van der Waals surface area contributed by atoms with Crippen molar-refractivity contribution in [2.45, 2.75) is 58.5 Å². The number of benzene rings is 1. The van der Waals surface area contributed by atoms with Crippen LogP contribution in [0.3, 0.4) is 0 Å². The molecule has 0 aliphatic carbocycles. The summed E-state index contributed by atoms with van der Waals surface area (Å²) in [7, 11) is 0. The van der Waals surface area contributed by atoms with Crippen LogP contribution in [0.2, 0.25) is 0 Å². The zero-order valence-electron chi connectivity index (χ0n) is 24.9. The van der Waals surface area contributed by atoms with E-state index in [0.29, 0.717) is 17.1 Å². The summed E-state index contributed by atoms with van der Waals surface area (Å²) in [5.74, 6) is -2.50. The lowest BCUT2D eigenvalue weighted by molar-refractivity contribution is -0.137. The number of pyridine rings is 2. The van der Waals surface area contributed by atoms with Crippen LogP contribution in [-0.2, 0) is 10.9 Å². The molecule has 0 bridgehead atoms. The zero-order valence-corrected chi connectivity index (χ0v) is 24.9. The number of aryl methyl sites for hydroxylation is 1. The number of aromatic nitrogens is 5. The van der Waals surface area contributed by atoms with Crippen molar-refractivity contribution in [1.82, 2.24) is 30.3 Å². The van der Waals surface area contributed by atoms with Crippen LogP contribution >= 0.6 is 0 Å². The zero-order chi connectivity index (χ0) is 33.1. The van der Waals surface area contributed by atoms with E-state index in [1.54, 1.807) is 40.7 Å². The third-order valence-corrected chi connectivity index (χ3v) is 6.33. The molecule has 0 aliphatic heterocycles. The van der Waals surface area contributed by atoms with Gasteiger partial charge in [0.1, 0.15) is 17.1 Å². The van der Waals surface area contributed by atoms with E-state index < -0.39 is 47.2 Å². The van der Waals surface area contributed by atoms with Crippen molar-refractivity contribution in [3.05, 3.63) is 83.2 Å². The quantitative estimate of drug-likeness (QED) is 0.177. The number of primary amides is 1. The van der Waals surface area contributed by atoms with Crippen molar-refractivity contribution >= 4 is 29.3 Å². The average molecular weight is 630 g/mol. The second-order valence-corrected chi connectivity index (χ2v) is 11.0. The number of nitrogens with one attached hydrogen (secondary N) is 3. The number of hydrogen-bond donors (Lipinski definition) is 4. The third-order valence-electron chi connectivity index (χ3n) is 6.33. The fourth-order valence-corrected chi connectivity index (χ4v) is 4.24. The van der Waals surface area contributed by atoms with Gasteiger partial charge in [-0.2, -0.15) is 23.4 Å². The number of halogens is 4. The Hall–Kier alpha value is -5.28. The minimum Gasteiger partial charge on any atom is -0.444 e. The van der Waals surface area contributed by atoms with Crippen LogP contribution in [0.15, 0.2) is 55.0 Å². The summed E-state index contributed by atoms with van der Waals surface area (Å²) < 4.78 is 60.5. The van der Waals surface area contributed by atoms with E-state index in [4.69, 9.17) is 10.5 Å². The topological polar surface area (TPSA) is 162 Å². The van der Waals surface area contributed by atoms with Crippen LogP contribution in [0.1, 0.15) is 60.9 Å². The van der Waals surface area contributed by atoms with Crippen molar-refractivity contribution < 1.29 is 31.9 Å². The Bertz CT molecular complexity index is 1670. The van der Waals surface area contributed by atoms with Gasteiger partial charge in [-0.1, -0.05) is 12.1 Å². The predicted octanol–water partition coefficient (Wildman–Crippen LogP) is 5.43. The number of hydrogen-bond acceptors (Lipinski definition) is 9. The fraction of sp³-hybridized carbons (Fsp3) is 0.310. The van der Waals surface area contributed by atoms with E-state index in [2.05, 4.69) is 36.1 Å². The summed E-state index contributed by atoms with van der Waals surface area (Å²) in [6.45, 7) is 8.28. The second kappa shape index (κ2) is 12.8. The van der Waals surface area contributed by atoms with E-state index in [1.165, 1.54) is 35.5 Å². The number of ether oxygens (including phenoxy) is 1. The molecule has 0 aliphatic rings. The largest absolute Gasteiger partial charge is 0.444 e. The minimum atomic E-state index is -4.58. The van der Waals surface area contributed by atoms with Crippen LogP contribution in [0.4, 0.5) is 39.7 Å². The van der Waals surface area contributed by atoms with Crippen LogP contribution in [0.25, 0.3) is 5.69 Å². The minimum absolute atomic E-state index is 0.143. The summed E-state index contributed by atoms with van der Waals surface area (Å²) in [5.41, 5.74) is 5.19. The molecule has 0 spiro atoms. The van der Waals surface area contributed by atoms with E-state index in [-0.39, 0.29) is 22.8 Å². The smallest absolute Gasteiger partial charge is 0.416 e. The average Bonchev–Trinajstić information content (AvgIpc) is 3.47. The Morgan fingerprint density at radius 2 is 1.67 bits per heavy atom. The van der Waals surface area contributed by atoms with E-state index in [0.717, 1.165) is 18.2 Å². The van der Waals surface area contributed by atoms with Gasteiger partial charge in [0.05, 0.1) is 53.2 Å². The number of carbonyl (C=O) groups excluding carboxylic acids is 2. The van der Waals surface area contributed by atoms with Crippen LogP contribution in [0, 0.1) is 12.7 Å². The molecule has 0 saturated heterocycles. The first-order valence-electron chi connectivity index (χ1n) is 13.6. The molecule has 0 radical (unpaired) electrons. The molecule has 2 amide bonds. The number of alkyl carbamates (subject to hydrolysis) is 1. The highest BCUT2D eigenvalue weighted by atomic mass is 19.4. The molecular formula is C29H31F4N9O3. The third kappa shape index (κ3) is 8.21. The van der Waals surface area contributed by atoms with Crippen molar-refractivity contribution in [2.75, 3.05) is 10.6 Å². The van der Waals surface area contributed by atoms with Gasteiger partial charge in [0.15, 0.2) is 11.6 Å². The van der Waals surface area contributed by atoms with Gasteiger partial charge in [-0.05, 0) is 64.4 Å². The Labute approximate surface area is 255 Å². The first kappa shape index (κ1) is 32.6. The number of carbonyl (C=O) groups is 2. The summed E-state index contributed by atoms with van der Waals surface area (Å²) in [4.78, 5) is 34.7. The Morgan fingerprint density at radius 1 is 1.02 bits per heavy atom. The van der Waals surface area contributed by atoms with E-state index >= 15 is 4.39 Å². The summed E-state index contributed by atoms with van der Waals surface area (Å²) in [6, 6.07) is 4.75. The second-order valence-electron chi connectivity index (χ2n) is 11.0. The maximum absolute atomic E-state index is 15.4. The monoisotopic (exact) mass is 629 g/mol. The van der Waals surface area contributed by atoms with Gasteiger partial charge in [-0.25, -0.2) is 14.2 Å². The molecule has 2 atom stereocenters. The lowest BCUT2D eigenvalue weighted by atomic mass is 9.98. The standard InChI is InChI=1S/C29H31F4N9O3/c1-15-22(42-36-10-11-37-42)12-19(14-35-15)39-25-20(24(34)43)13-21(30)26(41-25)40-23(16(2)38-27(44)45-28(3,4)5)17-6-8-18(9-7-17)29(31,32)33/h6-14,16,23H,1-5H3,(H2,34,43)(H,38,44)(H2,39,40,41)/t16-,23-/m0/s1. The van der Waals surface area contributed by atoms with Gasteiger partial charge in [0, 0.05) is 0 Å². The number of anilines is 3. The maximum atomic E-state index is 15.4. The van der Waals surface area contributed by atoms with Crippen LogP contribution < -0.4 is 21.7 Å². The highest BCUT2D eigenvalue weighted by Crippen LogP contribution is 2.32. The van der Waals surface area contributed by atoms with Crippen molar-refractivity contribution in [1.29, 1.82) is 0 Å². The van der Waals surface area contributed by atoms with Gasteiger partial charge >= 0.3 is 12.3 Å². The fourth-order valence-electron chi connectivity index (χ4n) is 4.24. The number of nitrogens with zero attached hydrogens (tertiary/aromatic N) is 5. The van der Waals surface area contributed by atoms with Crippen molar-refractivity contribution in [3.8, 4) is 5.69 Å². The van der Waals surface area contributed by atoms with Gasteiger partial charge in [-0.3, -0.25) is 9.78 Å². The molecule has 0 saturated carbocycles. The molecule has 3 aromatic heterocycles. The molecule has 16 heteroatoms. The van der Waals surface area contributed by atoms with E-state index in [9.17, 15) is 22.8 Å².